The van der Waals surface area contributed by atoms with E-state index in [4.69, 9.17) is 4.74 Å². The number of fused-ring (bicyclic) bond motifs is 5. The molecular weight excluding hydrogens is 490 g/mol. The van der Waals surface area contributed by atoms with Crippen molar-refractivity contribution in [2.75, 3.05) is 19.7 Å². The minimum Gasteiger partial charge on any atom is -0.493 e. The molecule has 0 saturated carbocycles. The molecule has 3 atom stereocenters. The molecule has 1 amide bonds. The molecule has 2 aliphatic heterocycles. The van der Waals surface area contributed by atoms with E-state index in [1.807, 2.05) is 60.0 Å². The van der Waals surface area contributed by atoms with E-state index in [9.17, 15) is 9.59 Å². The van der Waals surface area contributed by atoms with Crippen LogP contribution < -0.4 is 20.6 Å². The number of benzene rings is 2. The number of rotatable bonds is 7. The van der Waals surface area contributed by atoms with Crippen molar-refractivity contribution in [1.29, 1.82) is 0 Å². The van der Waals surface area contributed by atoms with E-state index in [2.05, 4.69) is 27.6 Å². The molecule has 0 radical (unpaired) electrons. The molecule has 4 heterocycles. The monoisotopic (exact) mass is 522 g/mol. The maximum atomic E-state index is 12.6. The number of piperidine rings is 1. The second-order valence-electron chi connectivity index (χ2n) is 10.4. The zero-order valence-corrected chi connectivity index (χ0v) is 22.0. The molecule has 2 aliphatic rings. The van der Waals surface area contributed by atoms with Gasteiger partial charge in [0, 0.05) is 47.3 Å². The fourth-order valence-corrected chi connectivity index (χ4v) is 6.07. The number of hydrogen-bond acceptors (Lipinski definition) is 5. The van der Waals surface area contributed by atoms with E-state index >= 15 is 0 Å². The average Bonchev–Trinajstić information content (AvgIpc) is 2.95. The fourth-order valence-electron chi connectivity index (χ4n) is 6.07. The highest BCUT2D eigenvalue weighted by molar-refractivity contribution is 5.97. The van der Waals surface area contributed by atoms with E-state index in [-0.39, 0.29) is 11.5 Å². The summed E-state index contributed by atoms with van der Waals surface area (Å²) in [6.45, 7) is 6.22. The van der Waals surface area contributed by atoms with Crippen LogP contribution in [-0.2, 0) is 13.1 Å². The van der Waals surface area contributed by atoms with Gasteiger partial charge in [-0.05, 0) is 55.3 Å². The second kappa shape index (κ2) is 10.8. The smallest absolute Gasteiger partial charge is 0.272 e. The van der Waals surface area contributed by atoms with Crippen LogP contribution in [-0.4, -0.2) is 41.4 Å². The molecule has 2 aromatic carbocycles. The fraction of sp³-hybridized carbons (Fsp3) is 0.290. The topological polar surface area (TPSA) is 90.0 Å². The molecule has 2 bridgehead atoms. The molecule has 0 spiro atoms. The Hall–Kier alpha value is -4.30. The lowest BCUT2D eigenvalue weighted by Gasteiger charge is -2.40. The van der Waals surface area contributed by atoms with Gasteiger partial charge in [0.05, 0.1) is 37.0 Å². The van der Waals surface area contributed by atoms with Gasteiger partial charge in [0.25, 0.3) is 11.5 Å². The molecule has 2 aromatic heterocycles. The largest absolute Gasteiger partial charge is 0.493 e. The maximum Gasteiger partial charge on any atom is 0.272 e. The lowest BCUT2D eigenvalue weighted by Crippen LogP contribution is -3.13. The van der Waals surface area contributed by atoms with Crippen LogP contribution >= 0.6 is 0 Å². The summed E-state index contributed by atoms with van der Waals surface area (Å²) in [7, 11) is 0. The molecule has 198 valence electrons. The van der Waals surface area contributed by atoms with E-state index in [1.165, 1.54) is 10.6 Å². The third kappa shape index (κ3) is 5.33. The van der Waals surface area contributed by atoms with Gasteiger partial charge < -0.3 is 14.2 Å². The molecule has 39 heavy (non-hydrogen) atoms. The third-order valence-electron chi connectivity index (χ3n) is 7.73. The molecule has 3 unspecified atom stereocenters. The summed E-state index contributed by atoms with van der Waals surface area (Å²) in [6.07, 6.45) is 4.37. The lowest BCUT2D eigenvalue weighted by molar-refractivity contribution is -0.924. The van der Waals surface area contributed by atoms with E-state index in [1.54, 1.807) is 18.5 Å². The number of carbonyl (C=O) groups excluding carboxylic acids is 1. The normalized spacial score (nSPS) is 20.1. The summed E-state index contributed by atoms with van der Waals surface area (Å²) in [4.78, 5) is 30.9. The van der Waals surface area contributed by atoms with Gasteiger partial charge >= 0.3 is 0 Å². The van der Waals surface area contributed by atoms with Crippen LogP contribution in [0.4, 0.5) is 0 Å². The number of hydrogen-bond donors (Lipinski definition) is 2. The first-order chi connectivity index (χ1) is 19.1. The van der Waals surface area contributed by atoms with Crippen LogP contribution in [0.3, 0.4) is 0 Å². The van der Waals surface area contributed by atoms with Crippen molar-refractivity contribution in [1.82, 2.24) is 15.0 Å². The van der Waals surface area contributed by atoms with Gasteiger partial charge in [-0.15, -0.1) is 0 Å². The van der Waals surface area contributed by atoms with Crippen molar-refractivity contribution in [3.63, 3.8) is 0 Å². The summed E-state index contributed by atoms with van der Waals surface area (Å²) >= 11 is 0. The third-order valence-corrected chi connectivity index (χ3v) is 7.73. The summed E-state index contributed by atoms with van der Waals surface area (Å²) in [5, 5.41) is 5.12. The summed E-state index contributed by atoms with van der Waals surface area (Å²) in [6, 6.07) is 21.2. The average molecular weight is 523 g/mol. The van der Waals surface area contributed by atoms with E-state index in [0.717, 1.165) is 60.4 Å². The summed E-state index contributed by atoms with van der Waals surface area (Å²) in [5.41, 5.74) is 7.21. The van der Waals surface area contributed by atoms with Gasteiger partial charge in [0.1, 0.15) is 12.3 Å². The van der Waals surface area contributed by atoms with Crippen molar-refractivity contribution >= 4 is 23.0 Å². The zero-order valence-electron chi connectivity index (χ0n) is 22.0. The Labute approximate surface area is 226 Å². The Bertz CT molecular complexity index is 1610. The summed E-state index contributed by atoms with van der Waals surface area (Å²) in [5.74, 6) is 1.45. The van der Waals surface area contributed by atoms with Crippen molar-refractivity contribution in [3.8, 4) is 5.75 Å². The molecule has 0 aliphatic carbocycles. The lowest BCUT2D eigenvalue weighted by atomic mass is 9.83. The number of likely N-dealkylation sites (tertiary alicyclic amines) is 1. The zero-order chi connectivity index (χ0) is 26.8. The van der Waals surface area contributed by atoms with Crippen LogP contribution in [0.2, 0.25) is 0 Å². The minimum atomic E-state index is -0.306. The number of pyridine rings is 2. The number of para-hydroxylation sites is 1. The highest BCUT2D eigenvalue weighted by Crippen LogP contribution is 2.30. The molecular formula is C31H32N5O3+. The number of amides is 1. The quantitative estimate of drug-likeness (QED) is 0.289. The predicted molar refractivity (Wildman–Crippen MR) is 150 cm³/mol. The first-order valence-electron chi connectivity index (χ1n) is 13.5. The van der Waals surface area contributed by atoms with Gasteiger partial charge in [-0.2, -0.15) is 5.10 Å². The molecule has 4 aromatic rings. The number of nitrogens with zero attached hydrogens (tertiary/aromatic N) is 3. The Morgan fingerprint density at radius 2 is 2.05 bits per heavy atom. The van der Waals surface area contributed by atoms with Gasteiger partial charge in [-0.25, -0.2) is 5.43 Å². The van der Waals surface area contributed by atoms with Crippen LogP contribution in [0.15, 0.2) is 82.8 Å². The first kappa shape index (κ1) is 25.0. The van der Waals surface area contributed by atoms with Gasteiger partial charge in [-0.3, -0.25) is 14.6 Å². The molecule has 8 nitrogen and oxygen atoms in total. The highest BCUT2D eigenvalue weighted by Gasteiger charge is 2.37. The van der Waals surface area contributed by atoms with Gasteiger partial charge in [0.15, 0.2) is 0 Å². The van der Waals surface area contributed by atoms with E-state index in [0.29, 0.717) is 24.0 Å². The minimum absolute atomic E-state index is 0.111. The van der Waals surface area contributed by atoms with Gasteiger partial charge in [0.2, 0.25) is 0 Å². The van der Waals surface area contributed by atoms with Crippen molar-refractivity contribution < 1.29 is 14.4 Å². The Balaban J connectivity index is 1.16. The number of quaternary nitrogens is 1. The standard InChI is InChI=1S/C31H31N5O3/c1-2-39-29-11-10-21(15-33-34-31(38)24-14-23-6-3-4-7-27(23)32-16-24)12-26(29)20-35-17-22-13-25(19-35)28-8-5-9-30(37)36(28)18-22/h3-12,14-16,22,25H,2,13,17-20H2,1H3,(H,34,38)/p+1. The van der Waals surface area contributed by atoms with Gasteiger partial charge in [-0.1, -0.05) is 24.3 Å². The van der Waals surface area contributed by atoms with Crippen molar-refractivity contribution in [2.24, 2.45) is 11.0 Å². The predicted octanol–water partition coefficient (Wildman–Crippen LogP) is 2.76. The maximum absolute atomic E-state index is 12.6. The number of aromatic nitrogens is 2. The Morgan fingerprint density at radius 1 is 1.15 bits per heavy atom. The molecule has 6 rings (SSSR count). The van der Waals surface area contributed by atoms with Crippen LogP contribution in [0.25, 0.3) is 10.9 Å². The molecule has 1 fully saturated rings. The number of ether oxygens (including phenoxy) is 1. The van der Waals surface area contributed by atoms with Crippen LogP contribution in [0.5, 0.6) is 5.75 Å². The molecule has 1 saturated heterocycles. The number of carbonyl (C=O) groups is 1. The van der Waals surface area contributed by atoms with Crippen LogP contribution in [0, 0.1) is 5.92 Å². The number of hydrazone groups is 1. The van der Waals surface area contributed by atoms with E-state index < -0.39 is 0 Å². The highest BCUT2D eigenvalue weighted by atomic mass is 16.5. The van der Waals surface area contributed by atoms with Crippen molar-refractivity contribution in [3.05, 3.63) is 106 Å². The number of nitrogens with one attached hydrogen (secondary N) is 2. The summed E-state index contributed by atoms with van der Waals surface area (Å²) < 4.78 is 7.93. The first-order valence-corrected chi connectivity index (χ1v) is 13.5. The molecule has 8 heteroatoms. The Morgan fingerprint density at radius 3 is 2.95 bits per heavy atom. The van der Waals surface area contributed by atoms with Crippen molar-refractivity contribution in [2.45, 2.75) is 32.4 Å². The molecule has 2 N–H and O–H groups in total. The SMILES string of the molecule is CCOc1ccc(C=NNC(=O)c2cnc3ccccc3c2)cc1C[NH+]1CC2CC(C1)c1cccc(=O)n1C2. The second-order valence-corrected chi connectivity index (χ2v) is 10.4. The Kier molecular flexibility index (Phi) is 6.94. The van der Waals surface area contributed by atoms with Crippen LogP contribution in [0.1, 0.15) is 46.4 Å².